The fraction of sp³-hybridized carbons (Fsp3) is 0.423. The van der Waals surface area contributed by atoms with Crippen LogP contribution in [0, 0.1) is 5.92 Å². The smallest absolute Gasteiger partial charge is 0.408 e. The second-order valence-electron chi connectivity index (χ2n) is 9.63. The fourth-order valence-corrected chi connectivity index (χ4v) is 5.41. The van der Waals surface area contributed by atoms with Gasteiger partial charge >= 0.3 is 12.1 Å². The Balaban J connectivity index is 1.31. The molecule has 3 N–H and O–H groups in total. The molecule has 1 aliphatic heterocycles. The van der Waals surface area contributed by atoms with Gasteiger partial charge in [0.25, 0.3) is 0 Å². The number of fused-ring (bicyclic) bond motifs is 3. The number of hydrogen-bond donors (Lipinski definition) is 3. The van der Waals surface area contributed by atoms with Gasteiger partial charge in [-0.05, 0) is 47.9 Å². The molecule has 1 saturated heterocycles. The summed E-state index contributed by atoms with van der Waals surface area (Å²) in [6.45, 7) is 1.68. The van der Waals surface area contributed by atoms with Crippen molar-refractivity contribution in [3.8, 4) is 11.1 Å². The standard InChI is InChI=1S/C26H28N2O6/c1-26(15-10-11-15,24(32)28-13-16(29)12-22(28)23(30)31)27-25(33)34-14-21-19-8-4-2-6-17(19)18-7-3-5-9-20(18)21/h2-9,15-16,21-22,29H,10-14H2,1H3,(H,27,33)(H,30,31)/t16-,22+,26?/m1/s1. The van der Waals surface area contributed by atoms with Crippen LogP contribution in [0.5, 0.6) is 0 Å². The van der Waals surface area contributed by atoms with Gasteiger partial charge in [-0.3, -0.25) is 4.79 Å². The van der Waals surface area contributed by atoms with Crippen molar-refractivity contribution in [2.24, 2.45) is 5.92 Å². The van der Waals surface area contributed by atoms with Crippen molar-refractivity contribution in [1.29, 1.82) is 0 Å². The number of rotatable bonds is 6. The molecule has 2 aromatic rings. The highest BCUT2D eigenvalue weighted by atomic mass is 16.5. The van der Waals surface area contributed by atoms with Crippen molar-refractivity contribution < 1.29 is 29.3 Å². The number of aliphatic hydroxyl groups excluding tert-OH is 1. The Morgan fingerprint density at radius 3 is 2.21 bits per heavy atom. The number of carbonyl (C=O) groups is 3. The van der Waals surface area contributed by atoms with Gasteiger partial charge in [0.15, 0.2) is 0 Å². The van der Waals surface area contributed by atoms with Crippen molar-refractivity contribution in [3.63, 3.8) is 0 Å². The first kappa shape index (κ1) is 22.4. The molecule has 3 aliphatic rings. The third-order valence-corrected chi connectivity index (χ3v) is 7.37. The summed E-state index contributed by atoms with van der Waals surface area (Å²) in [4.78, 5) is 39.1. The molecular weight excluding hydrogens is 436 g/mol. The normalized spacial score (nSPS) is 23.1. The van der Waals surface area contributed by atoms with E-state index in [1.54, 1.807) is 6.92 Å². The highest BCUT2D eigenvalue weighted by Gasteiger charge is 2.53. The van der Waals surface area contributed by atoms with E-state index < -0.39 is 35.7 Å². The predicted octanol–water partition coefficient (Wildman–Crippen LogP) is 2.74. The molecule has 178 valence electrons. The monoisotopic (exact) mass is 464 g/mol. The molecule has 8 nitrogen and oxygen atoms in total. The van der Waals surface area contributed by atoms with E-state index in [-0.39, 0.29) is 31.4 Å². The maximum atomic E-state index is 13.4. The Morgan fingerprint density at radius 1 is 1.06 bits per heavy atom. The van der Waals surface area contributed by atoms with Gasteiger partial charge in [0, 0.05) is 18.9 Å². The van der Waals surface area contributed by atoms with Crippen molar-refractivity contribution in [2.45, 2.75) is 49.8 Å². The third kappa shape index (κ3) is 3.81. The Bertz CT molecular complexity index is 1100. The van der Waals surface area contributed by atoms with Crippen LogP contribution in [-0.2, 0) is 14.3 Å². The van der Waals surface area contributed by atoms with Crippen molar-refractivity contribution in [3.05, 3.63) is 59.7 Å². The van der Waals surface area contributed by atoms with E-state index in [1.165, 1.54) is 4.90 Å². The first-order chi connectivity index (χ1) is 16.3. The van der Waals surface area contributed by atoms with Gasteiger partial charge in [0.05, 0.1) is 6.10 Å². The molecule has 1 saturated carbocycles. The Morgan fingerprint density at radius 2 is 1.65 bits per heavy atom. The number of aliphatic carboxylic acids is 1. The molecular formula is C26H28N2O6. The Labute approximate surface area is 197 Å². The number of hydrogen-bond acceptors (Lipinski definition) is 5. The molecule has 0 radical (unpaired) electrons. The summed E-state index contributed by atoms with van der Waals surface area (Å²) >= 11 is 0. The van der Waals surface area contributed by atoms with Gasteiger partial charge in [-0.2, -0.15) is 0 Å². The average molecular weight is 465 g/mol. The molecule has 1 heterocycles. The van der Waals surface area contributed by atoms with E-state index >= 15 is 0 Å². The van der Waals surface area contributed by atoms with Gasteiger partial charge in [0.1, 0.15) is 18.2 Å². The molecule has 0 spiro atoms. The number of nitrogens with one attached hydrogen (secondary N) is 1. The molecule has 2 aromatic carbocycles. The van der Waals surface area contributed by atoms with E-state index in [1.807, 2.05) is 36.4 Å². The second-order valence-corrected chi connectivity index (χ2v) is 9.63. The molecule has 3 atom stereocenters. The second kappa shape index (κ2) is 8.43. The van der Waals surface area contributed by atoms with Gasteiger partial charge in [-0.15, -0.1) is 0 Å². The number of likely N-dealkylation sites (tertiary alicyclic amines) is 1. The minimum Gasteiger partial charge on any atom is -0.480 e. The maximum absolute atomic E-state index is 13.4. The first-order valence-corrected chi connectivity index (χ1v) is 11.6. The maximum Gasteiger partial charge on any atom is 0.408 e. The van der Waals surface area contributed by atoms with Crippen LogP contribution in [0.25, 0.3) is 11.1 Å². The molecule has 5 rings (SSSR count). The lowest BCUT2D eigenvalue weighted by Crippen LogP contribution is -2.61. The number of ether oxygens (including phenoxy) is 1. The van der Waals surface area contributed by atoms with Gasteiger partial charge in [-0.25, -0.2) is 9.59 Å². The summed E-state index contributed by atoms with van der Waals surface area (Å²) in [6, 6.07) is 15.0. The third-order valence-electron chi connectivity index (χ3n) is 7.37. The lowest BCUT2D eigenvalue weighted by molar-refractivity contribution is -0.151. The number of carboxylic acids is 1. The lowest BCUT2D eigenvalue weighted by Gasteiger charge is -2.35. The zero-order chi connectivity index (χ0) is 24.0. The van der Waals surface area contributed by atoms with Crippen LogP contribution < -0.4 is 5.32 Å². The minimum atomic E-state index is -1.29. The van der Waals surface area contributed by atoms with Gasteiger partial charge in [0.2, 0.25) is 5.91 Å². The number of carbonyl (C=O) groups excluding carboxylic acids is 2. The molecule has 2 aliphatic carbocycles. The van der Waals surface area contributed by atoms with Crippen LogP contribution in [0.1, 0.15) is 43.2 Å². The van der Waals surface area contributed by atoms with Crippen molar-refractivity contribution >= 4 is 18.0 Å². The summed E-state index contributed by atoms with van der Waals surface area (Å²) in [7, 11) is 0. The highest BCUT2D eigenvalue weighted by Crippen LogP contribution is 2.45. The fourth-order valence-electron chi connectivity index (χ4n) is 5.41. The minimum absolute atomic E-state index is 0.0211. The number of aliphatic hydroxyl groups is 1. The Hall–Kier alpha value is -3.39. The number of carboxylic acid groups (broad SMARTS) is 1. The van der Waals surface area contributed by atoms with Crippen molar-refractivity contribution in [2.75, 3.05) is 13.2 Å². The zero-order valence-corrected chi connectivity index (χ0v) is 18.9. The molecule has 0 bridgehead atoms. The summed E-state index contributed by atoms with van der Waals surface area (Å²) in [5.41, 5.74) is 3.14. The molecule has 2 amide bonds. The van der Waals surface area contributed by atoms with Crippen LogP contribution in [0.2, 0.25) is 0 Å². The topological polar surface area (TPSA) is 116 Å². The van der Waals surface area contributed by atoms with Crippen molar-refractivity contribution in [1.82, 2.24) is 10.2 Å². The SMILES string of the molecule is CC(NC(=O)OCC1c2ccccc2-c2ccccc21)(C(=O)N1C[C@H](O)C[C@H]1C(=O)O)C1CC1. The summed E-state index contributed by atoms with van der Waals surface area (Å²) < 4.78 is 5.64. The largest absolute Gasteiger partial charge is 0.480 e. The Kier molecular flexibility index (Phi) is 5.56. The van der Waals surface area contributed by atoms with E-state index in [9.17, 15) is 24.6 Å². The van der Waals surface area contributed by atoms with E-state index in [0.29, 0.717) is 0 Å². The number of alkyl carbamates (subject to hydrolysis) is 1. The first-order valence-electron chi connectivity index (χ1n) is 11.6. The summed E-state index contributed by atoms with van der Waals surface area (Å²) in [5, 5.41) is 22.2. The number of benzene rings is 2. The number of β-amino-alcohol motifs (C(OH)–C–C–N with tert-alkyl or cyclic N) is 1. The molecule has 8 heteroatoms. The highest BCUT2D eigenvalue weighted by molar-refractivity contribution is 5.93. The summed E-state index contributed by atoms with van der Waals surface area (Å²) in [5.74, 6) is -1.87. The molecule has 34 heavy (non-hydrogen) atoms. The molecule has 2 fully saturated rings. The van der Waals surface area contributed by atoms with Crippen LogP contribution in [0.3, 0.4) is 0 Å². The number of nitrogens with zero attached hydrogens (tertiary/aromatic N) is 1. The van der Waals surface area contributed by atoms with Gasteiger partial charge in [-0.1, -0.05) is 48.5 Å². The predicted molar refractivity (Wildman–Crippen MR) is 123 cm³/mol. The molecule has 0 aromatic heterocycles. The van der Waals surface area contributed by atoms with E-state index in [2.05, 4.69) is 17.4 Å². The number of amides is 2. The summed E-state index contributed by atoms with van der Waals surface area (Å²) in [6.07, 6.45) is -0.133. The van der Waals surface area contributed by atoms with Crippen LogP contribution >= 0.6 is 0 Å². The molecule has 1 unspecified atom stereocenters. The lowest BCUT2D eigenvalue weighted by atomic mass is 9.93. The van der Waals surface area contributed by atoms with E-state index in [0.717, 1.165) is 35.1 Å². The zero-order valence-electron chi connectivity index (χ0n) is 18.9. The van der Waals surface area contributed by atoms with Gasteiger partial charge < -0.3 is 25.2 Å². The van der Waals surface area contributed by atoms with Crippen LogP contribution in [-0.4, -0.2) is 63.9 Å². The van der Waals surface area contributed by atoms with Crippen LogP contribution in [0.4, 0.5) is 4.79 Å². The van der Waals surface area contributed by atoms with E-state index in [4.69, 9.17) is 4.74 Å². The quantitative estimate of drug-likeness (QED) is 0.605. The van der Waals surface area contributed by atoms with Crippen LogP contribution in [0.15, 0.2) is 48.5 Å². The average Bonchev–Trinajstić information content (AvgIpc) is 3.54.